The summed E-state index contributed by atoms with van der Waals surface area (Å²) in [5, 5.41) is 2.60. The Labute approximate surface area is 165 Å². The molecule has 0 atom stereocenters. The maximum absolute atomic E-state index is 12.5. The number of unbranched alkanes of at least 4 members (excludes halogenated alkanes) is 2. The van der Waals surface area contributed by atoms with Gasteiger partial charge in [0.15, 0.2) is 0 Å². The van der Waals surface area contributed by atoms with Crippen LogP contribution >= 0.6 is 0 Å². The summed E-state index contributed by atoms with van der Waals surface area (Å²) in [5.41, 5.74) is 1.49. The predicted molar refractivity (Wildman–Crippen MR) is 110 cm³/mol. The van der Waals surface area contributed by atoms with E-state index in [9.17, 15) is 18.0 Å². The van der Waals surface area contributed by atoms with Gasteiger partial charge in [0, 0.05) is 12.5 Å². The van der Waals surface area contributed by atoms with Gasteiger partial charge < -0.3 is 5.32 Å². The molecule has 28 heavy (non-hydrogen) atoms. The molecule has 0 radical (unpaired) electrons. The number of amides is 2. The van der Waals surface area contributed by atoms with E-state index >= 15 is 0 Å². The molecule has 0 fully saturated rings. The smallest absolute Gasteiger partial charge is 0.266 e. The Kier molecular flexibility index (Phi) is 7.52. The number of para-hydroxylation sites is 1. The van der Waals surface area contributed by atoms with Gasteiger partial charge in [-0.1, -0.05) is 56.2 Å². The van der Waals surface area contributed by atoms with Crippen molar-refractivity contribution < 1.29 is 18.0 Å². The van der Waals surface area contributed by atoms with E-state index in [1.165, 1.54) is 18.2 Å². The zero-order valence-corrected chi connectivity index (χ0v) is 16.8. The lowest BCUT2D eigenvalue weighted by molar-refractivity contribution is -0.117. The van der Waals surface area contributed by atoms with Crippen molar-refractivity contribution in [3.63, 3.8) is 0 Å². The number of benzene rings is 2. The highest BCUT2D eigenvalue weighted by Gasteiger charge is 2.20. The van der Waals surface area contributed by atoms with E-state index < -0.39 is 21.8 Å². The molecule has 0 saturated carbocycles. The average molecular weight is 401 g/mol. The van der Waals surface area contributed by atoms with Crippen LogP contribution in [0.1, 0.15) is 49.0 Å². The lowest BCUT2D eigenvalue weighted by atomic mass is 10.1. The number of hydrogen-bond acceptors (Lipinski definition) is 4. The van der Waals surface area contributed by atoms with Gasteiger partial charge in [0.1, 0.15) is 4.90 Å². The van der Waals surface area contributed by atoms with Gasteiger partial charge in [0.05, 0.1) is 5.69 Å². The quantitative estimate of drug-likeness (QED) is 0.656. The summed E-state index contributed by atoms with van der Waals surface area (Å²) in [6.45, 7) is 3.25. The van der Waals surface area contributed by atoms with Crippen LogP contribution in [-0.4, -0.2) is 20.2 Å². The molecule has 2 N–H and O–H groups in total. The maximum atomic E-state index is 12.5. The van der Waals surface area contributed by atoms with Crippen molar-refractivity contribution in [2.24, 2.45) is 0 Å². The molecule has 0 aliphatic heterocycles. The second-order valence-corrected chi connectivity index (χ2v) is 7.93. The van der Waals surface area contributed by atoms with Crippen LogP contribution < -0.4 is 10.0 Å². The zero-order chi connectivity index (χ0) is 20.6. The van der Waals surface area contributed by atoms with E-state index in [1.807, 2.05) is 22.9 Å². The number of rotatable bonds is 8. The Morgan fingerprint density at radius 2 is 1.71 bits per heavy atom. The molecule has 0 aliphatic carbocycles. The summed E-state index contributed by atoms with van der Waals surface area (Å²) in [6, 6.07) is 12.9. The molecular weight excluding hydrogens is 376 g/mol. The van der Waals surface area contributed by atoms with E-state index in [2.05, 4.69) is 18.3 Å². The van der Waals surface area contributed by atoms with Gasteiger partial charge in [0.2, 0.25) is 5.91 Å². The van der Waals surface area contributed by atoms with Gasteiger partial charge in [0.25, 0.3) is 15.9 Å². The SMILES string of the molecule is CCCC/C=C/c1ccc(C(=O)Nc2ccccc2S(=O)(=O)NC(C)=O)cc1. The summed E-state index contributed by atoms with van der Waals surface area (Å²) in [6.07, 6.45) is 7.40. The van der Waals surface area contributed by atoms with Crippen LogP contribution in [0.3, 0.4) is 0 Å². The lowest BCUT2D eigenvalue weighted by Gasteiger charge is -2.12. The highest BCUT2D eigenvalue weighted by atomic mass is 32.2. The molecule has 0 aliphatic rings. The fraction of sp³-hybridized carbons (Fsp3) is 0.238. The second-order valence-electron chi connectivity index (χ2n) is 6.28. The minimum atomic E-state index is -4.06. The van der Waals surface area contributed by atoms with Gasteiger partial charge in [-0.2, -0.15) is 0 Å². The molecule has 7 heteroatoms. The van der Waals surface area contributed by atoms with E-state index in [0.29, 0.717) is 5.56 Å². The zero-order valence-electron chi connectivity index (χ0n) is 15.9. The van der Waals surface area contributed by atoms with Crippen molar-refractivity contribution in [2.75, 3.05) is 5.32 Å². The van der Waals surface area contributed by atoms with Crippen LogP contribution in [-0.2, 0) is 14.8 Å². The van der Waals surface area contributed by atoms with Crippen molar-refractivity contribution in [1.29, 1.82) is 0 Å². The van der Waals surface area contributed by atoms with Crippen LogP contribution in [0.15, 0.2) is 59.5 Å². The number of anilines is 1. The molecule has 0 unspecified atom stereocenters. The second kappa shape index (κ2) is 9.85. The van der Waals surface area contributed by atoms with Gasteiger partial charge >= 0.3 is 0 Å². The Morgan fingerprint density at radius 3 is 2.36 bits per heavy atom. The number of carbonyl (C=O) groups excluding carboxylic acids is 2. The minimum Gasteiger partial charge on any atom is -0.321 e. The number of nitrogens with one attached hydrogen (secondary N) is 2. The van der Waals surface area contributed by atoms with Crippen molar-refractivity contribution in [2.45, 2.75) is 38.0 Å². The largest absolute Gasteiger partial charge is 0.321 e. The van der Waals surface area contributed by atoms with Gasteiger partial charge in [-0.05, 0) is 36.2 Å². The molecule has 0 aromatic heterocycles. The van der Waals surface area contributed by atoms with Crippen molar-refractivity contribution in [3.05, 3.63) is 65.7 Å². The van der Waals surface area contributed by atoms with Gasteiger partial charge in [-0.15, -0.1) is 0 Å². The Balaban J connectivity index is 2.15. The first-order chi connectivity index (χ1) is 13.3. The molecule has 0 heterocycles. The number of hydrogen-bond donors (Lipinski definition) is 2. The molecule has 0 bridgehead atoms. The van der Waals surface area contributed by atoms with E-state index in [1.54, 1.807) is 18.2 Å². The molecular formula is C21H24N2O4S. The first-order valence-electron chi connectivity index (χ1n) is 9.04. The molecule has 6 nitrogen and oxygen atoms in total. The third-order valence-electron chi connectivity index (χ3n) is 3.91. The fourth-order valence-electron chi connectivity index (χ4n) is 2.53. The maximum Gasteiger partial charge on any atom is 0.266 e. The van der Waals surface area contributed by atoms with Crippen molar-refractivity contribution >= 4 is 33.6 Å². The fourth-order valence-corrected chi connectivity index (χ4v) is 3.68. The Hall–Kier alpha value is -2.93. The van der Waals surface area contributed by atoms with E-state index in [4.69, 9.17) is 0 Å². The van der Waals surface area contributed by atoms with Crippen LogP contribution in [0.25, 0.3) is 6.08 Å². The molecule has 148 valence electrons. The standard InChI is InChI=1S/C21H24N2O4S/c1-3-4-5-6-9-17-12-14-18(15-13-17)21(25)22-19-10-7-8-11-20(19)28(26,27)23-16(2)24/h6-15H,3-5H2,1-2H3,(H,22,25)(H,23,24)/b9-6+. The number of carbonyl (C=O) groups is 2. The molecule has 2 rings (SSSR count). The van der Waals surface area contributed by atoms with Crippen LogP contribution in [0.4, 0.5) is 5.69 Å². The highest BCUT2D eigenvalue weighted by molar-refractivity contribution is 7.90. The topological polar surface area (TPSA) is 92.3 Å². The van der Waals surface area contributed by atoms with E-state index in [-0.39, 0.29) is 10.6 Å². The summed E-state index contributed by atoms with van der Waals surface area (Å²) in [5.74, 6) is -1.14. The molecule has 0 saturated heterocycles. The van der Waals surface area contributed by atoms with Crippen LogP contribution in [0, 0.1) is 0 Å². The number of sulfonamides is 1. The first-order valence-corrected chi connectivity index (χ1v) is 10.5. The third kappa shape index (κ3) is 6.06. The summed E-state index contributed by atoms with van der Waals surface area (Å²) in [4.78, 5) is 23.5. The number of allylic oxidation sites excluding steroid dienone is 1. The third-order valence-corrected chi connectivity index (χ3v) is 5.40. The first kappa shape index (κ1) is 21.4. The Morgan fingerprint density at radius 1 is 1.04 bits per heavy atom. The lowest BCUT2D eigenvalue weighted by Crippen LogP contribution is -2.29. The average Bonchev–Trinajstić information content (AvgIpc) is 2.65. The molecule has 0 spiro atoms. The van der Waals surface area contributed by atoms with Gasteiger partial charge in [-0.3, -0.25) is 9.59 Å². The monoisotopic (exact) mass is 400 g/mol. The van der Waals surface area contributed by atoms with Crippen molar-refractivity contribution in [1.82, 2.24) is 4.72 Å². The molecule has 2 aromatic rings. The highest BCUT2D eigenvalue weighted by Crippen LogP contribution is 2.21. The summed E-state index contributed by atoms with van der Waals surface area (Å²) >= 11 is 0. The van der Waals surface area contributed by atoms with E-state index in [0.717, 1.165) is 31.7 Å². The summed E-state index contributed by atoms with van der Waals surface area (Å²) < 4.78 is 26.5. The Bertz CT molecular complexity index is 964. The molecule has 2 aromatic carbocycles. The van der Waals surface area contributed by atoms with Crippen LogP contribution in [0.2, 0.25) is 0 Å². The predicted octanol–water partition coefficient (Wildman–Crippen LogP) is 3.97. The normalized spacial score (nSPS) is 11.4. The minimum absolute atomic E-state index is 0.102. The van der Waals surface area contributed by atoms with Gasteiger partial charge in [-0.25, -0.2) is 13.1 Å². The summed E-state index contributed by atoms with van der Waals surface area (Å²) in [7, 11) is -4.06. The molecule has 2 amide bonds. The van der Waals surface area contributed by atoms with Crippen LogP contribution in [0.5, 0.6) is 0 Å². The van der Waals surface area contributed by atoms with Crippen molar-refractivity contribution in [3.8, 4) is 0 Å².